The first kappa shape index (κ1) is 18.6. The molecule has 3 heterocycles. The molecule has 1 saturated carbocycles. The molecule has 5 rings (SSSR count). The molecule has 0 radical (unpaired) electrons. The monoisotopic (exact) mass is 445 g/mol. The van der Waals surface area contributed by atoms with Gasteiger partial charge in [-0.1, -0.05) is 23.2 Å². The summed E-state index contributed by atoms with van der Waals surface area (Å²) in [4.78, 5) is 29.5. The molecule has 3 N–H and O–H groups in total. The molecule has 30 heavy (non-hydrogen) atoms. The van der Waals surface area contributed by atoms with Crippen molar-refractivity contribution >= 4 is 34.9 Å². The van der Waals surface area contributed by atoms with Crippen LogP contribution in [-0.4, -0.2) is 40.7 Å². The van der Waals surface area contributed by atoms with Gasteiger partial charge in [0.25, 0.3) is 5.62 Å². The third-order valence-corrected chi connectivity index (χ3v) is 4.88. The zero-order chi connectivity index (χ0) is 20.8. The first-order chi connectivity index (χ1) is 14.5. The number of nitrogens with one attached hydrogen (secondary N) is 2. The average Bonchev–Trinajstić information content (AvgIpc) is 3.34. The van der Waals surface area contributed by atoms with Gasteiger partial charge in [0, 0.05) is 16.3 Å². The second kappa shape index (κ2) is 7.15. The molecule has 12 heteroatoms. The van der Waals surface area contributed by atoms with Gasteiger partial charge in [0.15, 0.2) is 11.4 Å². The van der Waals surface area contributed by atoms with Gasteiger partial charge in [0.05, 0.1) is 17.3 Å². The van der Waals surface area contributed by atoms with Gasteiger partial charge in [-0.3, -0.25) is 4.98 Å². The van der Waals surface area contributed by atoms with Crippen LogP contribution in [0.25, 0.3) is 11.7 Å². The number of hydrogen-bond acceptors (Lipinski definition) is 7. The highest BCUT2D eigenvalue weighted by atomic mass is 35.5. The predicted octanol–water partition coefficient (Wildman–Crippen LogP) is 1.56. The van der Waals surface area contributed by atoms with Crippen molar-refractivity contribution in [2.24, 2.45) is 4.99 Å². The van der Waals surface area contributed by atoms with Gasteiger partial charge in [-0.15, -0.1) is 0 Å². The van der Waals surface area contributed by atoms with Gasteiger partial charge < -0.3 is 14.8 Å². The molecule has 0 unspecified atom stereocenters. The van der Waals surface area contributed by atoms with Crippen LogP contribution in [0.2, 0.25) is 10.0 Å². The third-order valence-electron chi connectivity index (χ3n) is 4.33. The molecule has 1 aromatic carbocycles. The molecule has 4 aromatic rings. The van der Waals surface area contributed by atoms with Crippen molar-refractivity contribution in [1.82, 2.24) is 29.5 Å². The Morgan fingerprint density at radius 3 is 2.83 bits per heavy atom. The molecule has 0 spiro atoms. The number of halogens is 2. The fourth-order valence-electron chi connectivity index (χ4n) is 2.76. The molecular weight excluding hydrogens is 433 g/mol. The maximum Gasteiger partial charge on any atom is 0.327 e. The smallest absolute Gasteiger partial charge is 0.327 e. The number of aromatic amines is 2. The minimum Gasteiger partial charge on any atom is -0.493 e. The molecular formula is C18H13Cl2N7O3. The minimum absolute atomic E-state index is 0.00741. The molecule has 1 aliphatic carbocycles. The van der Waals surface area contributed by atoms with Gasteiger partial charge in [-0.2, -0.15) is 19.6 Å². The Morgan fingerprint density at radius 2 is 2.10 bits per heavy atom. The number of ether oxygens (including phenoxy) is 1. The van der Waals surface area contributed by atoms with E-state index in [1.807, 2.05) is 0 Å². The SMILES string of the molecule is O=c1[nH]c(O)c(/C=c2/cnn3c(=NC4CC4)nc(Oc4cc(Cl)ccc4Cl)nc23)[nH]1. The van der Waals surface area contributed by atoms with Crippen molar-refractivity contribution < 1.29 is 9.84 Å². The van der Waals surface area contributed by atoms with Crippen LogP contribution in [0.5, 0.6) is 17.6 Å². The first-order valence-corrected chi connectivity index (χ1v) is 9.67. The van der Waals surface area contributed by atoms with Crippen molar-refractivity contribution in [3.05, 3.63) is 61.5 Å². The fourth-order valence-corrected chi connectivity index (χ4v) is 3.08. The van der Waals surface area contributed by atoms with E-state index >= 15 is 0 Å². The van der Waals surface area contributed by atoms with E-state index in [-0.39, 0.29) is 23.6 Å². The van der Waals surface area contributed by atoms with Crippen LogP contribution < -0.4 is 21.3 Å². The topological polar surface area (TPSA) is 134 Å². The van der Waals surface area contributed by atoms with E-state index in [0.29, 0.717) is 32.3 Å². The van der Waals surface area contributed by atoms with Gasteiger partial charge >= 0.3 is 11.7 Å². The van der Waals surface area contributed by atoms with E-state index < -0.39 is 5.69 Å². The Kier molecular flexibility index (Phi) is 4.44. The highest BCUT2D eigenvalue weighted by Gasteiger charge is 2.21. The Bertz CT molecular complexity index is 1450. The molecule has 1 aliphatic rings. The average molecular weight is 446 g/mol. The first-order valence-electron chi connectivity index (χ1n) is 8.92. The van der Waals surface area contributed by atoms with E-state index in [4.69, 9.17) is 27.9 Å². The zero-order valence-corrected chi connectivity index (χ0v) is 16.6. The lowest BCUT2D eigenvalue weighted by atomic mass is 10.3. The number of hydrogen-bond donors (Lipinski definition) is 3. The largest absolute Gasteiger partial charge is 0.493 e. The Labute approximate surface area is 177 Å². The predicted molar refractivity (Wildman–Crippen MR) is 108 cm³/mol. The summed E-state index contributed by atoms with van der Waals surface area (Å²) in [5.41, 5.74) is 0.351. The van der Waals surface area contributed by atoms with Crippen molar-refractivity contribution in [3.63, 3.8) is 0 Å². The number of fused-ring (bicyclic) bond motifs is 1. The standard InChI is InChI=1S/C18H13Cl2N7O3/c19-9-1-4-11(20)13(6-9)30-18-24-14-8(5-12-15(28)25-17(29)23-12)7-21-27(14)16(26-18)22-10-2-3-10/h1,4-7,10,28H,2-3H2,(H2,23,25,29)/b8-5-,22-16?. The van der Waals surface area contributed by atoms with Crippen LogP contribution in [0.3, 0.4) is 0 Å². The second-order valence-corrected chi connectivity index (χ2v) is 7.51. The summed E-state index contributed by atoms with van der Waals surface area (Å²) in [7, 11) is 0. The lowest BCUT2D eigenvalue weighted by Gasteiger charge is -2.06. The molecule has 0 aliphatic heterocycles. The molecule has 0 saturated heterocycles. The minimum atomic E-state index is -0.533. The Balaban J connectivity index is 1.69. The molecule has 152 valence electrons. The van der Waals surface area contributed by atoms with Crippen LogP contribution in [0.4, 0.5) is 0 Å². The van der Waals surface area contributed by atoms with Gasteiger partial charge in [0.2, 0.25) is 5.88 Å². The summed E-state index contributed by atoms with van der Waals surface area (Å²) in [6.45, 7) is 0. The lowest BCUT2D eigenvalue weighted by Crippen LogP contribution is -2.23. The third kappa shape index (κ3) is 3.62. The summed E-state index contributed by atoms with van der Waals surface area (Å²) in [6, 6.07) is 4.99. The maximum atomic E-state index is 11.4. The van der Waals surface area contributed by atoms with Crippen LogP contribution >= 0.6 is 23.2 Å². The number of H-pyrrole nitrogens is 2. The van der Waals surface area contributed by atoms with E-state index in [9.17, 15) is 9.90 Å². The quantitative estimate of drug-likeness (QED) is 0.436. The molecule has 3 aromatic heterocycles. The van der Waals surface area contributed by atoms with Crippen molar-refractivity contribution in [3.8, 4) is 17.6 Å². The zero-order valence-electron chi connectivity index (χ0n) is 15.1. The van der Waals surface area contributed by atoms with Crippen LogP contribution in [0.15, 0.2) is 34.2 Å². The van der Waals surface area contributed by atoms with Gasteiger partial charge in [0.1, 0.15) is 5.69 Å². The highest BCUT2D eigenvalue weighted by Crippen LogP contribution is 2.30. The van der Waals surface area contributed by atoms with Gasteiger partial charge in [-0.05, 0) is 31.1 Å². The van der Waals surface area contributed by atoms with E-state index in [0.717, 1.165) is 12.8 Å². The number of aromatic hydroxyl groups is 1. The summed E-state index contributed by atoms with van der Waals surface area (Å²) in [6.07, 6.45) is 5.00. The summed E-state index contributed by atoms with van der Waals surface area (Å²) < 4.78 is 7.25. The highest BCUT2D eigenvalue weighted by molar-refractivity contribution is 6.34. The number of benzene rings is 1. The van der Waals surface area contributed by atoms with Crippen LogP contribution in [0, 0.1) is 0 Å². The normalized spacial score (nSPS) is 15.3. The van der Waals surface area contributed by atoms with E-state index in [1.54, 1.807) is 18.2 Å². The maximum absolute atomic E-state index is 11.4. The van der Waals surface area contributed by atoms with Gasteiger partial charge in [-0.25, -0.2) is 9.79 Å². The van der Waals surface area contributed by atoms with Crippen molar-refractivity contribution in [1.29, 1.82) is 0 Å². The van der Waals surface area contributed by atoms with Crippen molar-refractivity contribution in [2.75, 3.05) is 0 Å². The number of aromatic nitrogens is 6. The van der Waals surface area contributed by atoms with Crippen LogP contribution in [0.1, 0.15) is 18.5 Å². The molecule has 1 fully saturated rings. The van der Waals surface area contributed by atoms with Crippen molar-refractivity contribution in [2.45, 2.75) is 18.9 Å². The van der Waals surface area contributed by atoms with E-state index in [1.165, 1.54) is 16.8 Å². The van der Waals surface area contributed by atoms with Crippen LogP contribution in [-0.2, 0) is 0 Å². The summed E-state index contributed by atoms with van der Waals surface area (Å²) >= 11 is 12.2. The Morgan fingerprint density at radius 1 is 1.27 bits per heavy atom. The number of imidazole rings is 1. The Hall–Kier alpha value is -3.37. The molecule has 0 amide bonds. The number of nitrogens with zero attached hydrogens (tertiary/aromatic N) is 5. The van der Waals surface area contributed by atoms with E-state index in [2.05, 4.69) is 30.0 Å². The molecule has 0 bridgehead atoms. The summed E-state index contributed by atoms with van der Waals surface area (Å²) in [5.74, 6) is 0.00187. The summed E-state index contributed by atoms with van der Waals surface area (Å²) in [5, 5.41) is 15.4. The fraction of sp³-hybridized carbons (Fsp3) is 0.167. The number of rotatable bonds is 4. The molecule has 0 atom stereocenters. The molecule has 10 nitrogen and oxygen atoms in total. The second-order valence-electron chi connectivity index (χ2n) is 6.66. The lowest BCUT2D eigenvalue weighted by molar-refractivity contribution is 0.436.